The number of aryl methyl sites for hydroxylation is 1. The van der Waals surface area contributed by atoms with Gasteiger partial charge >= 0.3 is 0 Å². The molecule has 0 fully saturated rings. The van der Waals surface area contributed by atoms with Gasteiger partial charge in [0, 0.05) is 12.1 Å². The van der Waals surface area contributed by atoms with Crippen LogP contribution in [-0.4, -0.2) is 12.1 Å². The summed E-state index contributed by atoms with van der Waals surface area (Å²) in [5, 5.41) is 3.63. The van der Waals surface area contributed by atoms with E-state index in [1.807, 2.05) is 6.07 Å². The molecule has 0 bridgehead atoms. The monoisotopic (exact) mass is 279 g/mol. The Morgan fingerprint density at radius 3 is 2.14 bits per heavy atom. The van der Waals surface area contributed by atoms with Crippen molar-refractivity contribution >= 4 is 5.57 Å². The molecule has 2 aromatic rings. The summed E-state index contributed by atoms with van der Waals surface area (Å²) >= 11 is 0. The normalized spacial score (nSPS) is 11.3. The lowest BCUT2D eigenvalue weighted by Gasteiger charge is -2.27. The summed E-state index contributed by atoms with van der Waals surface area (Å²) in [4.78, 5) is 0. The largest absolute Gasteiger partial charge is 0.308 e. The highest BCUT2D eigenvalue weighted by Gasteiger charge is 2.17. The van der Waals surface area contributed by atoms with Crippen LogP contribution in [0.25, 0.3) is 5.57 Å². The van der Waals surface area contributed by atoms with Crippen LogP contribution >= 0.6 is 0 Å². The van der Waals surface area contributed by atoms with E-state index >= 15 is 0 Å². The molecule has 0 unspecified atom stereocenters. The first-order valence-electron chi connectivity index (χ1n) is 7.59. The van der Waals surface area contributed by atoms with E-state index in [9.17, 15) is 0 Å². The molecule has 0 aliphatic rings. The van der Waals surface area contributed by atoms with E-state index in [1.54, 1.807) is 0 Å². The molecule has 21 heavy (non-hydrogen) atoms. The van der Waals surface area contributed by atoms with Crippen molar-refractivity contribution in [3.63, 3.8) is 0 Å². The SMILES string of the molecule is C=C(CNC(C)(C)CCc1ccccc1)c1ccccc1. The quantitative estimate of drug-likeness (QED) is 0.774. The molecule has 0 aliphatic carbocycles. The van der Waals surface area contributed by atoms with Crippen molar-refractivity contribution < 1.29 is 0 Å². The number of hydrogen-bond acceptors (Lipinski definition) is 1. The zero-order valence-corrected chi connectivity index (χ0v) is 13.1. The Morgan fingerprint density at radius 2 is 1.52 bits per heavy atom. The van der Waals surface area contributed by atoms with Gasteiger partial charge in [-0.25, -0.2) is 0 Å². The lowest BCUT2D eigenvalue weighted by atomic mass is 9.94. The first kappa shape index (κ1) is 15.5. The van der Waals surface area contributed by atoms with Gasteiger partial charge in [0.2, 0.25) is 0 Å². The number of rotatable bonds is 7. The molecule has 0 amide bonds. The Labute approximate surface area is 128 Å². The molecule has 0 heterocycles. The van der Waals surface area contributed by atoms with Gasteiger partial charge in [-0.1, -0.05) is 67.2 Å². The Morgan fingerprint density at radius 1 is 0.952 bits per heavy atom. The number of hydrogen-bond donors (Lipinski definition) is 1. The van der Waals surface area contributed by atoms with Crippen LogP contribution in [0.3, 0.4) is 0 Å². The van der Waals surface area contributed by atoms with E-state index < -0.39 is 0 Å². The van der Waals surface area contributed by atoms with Gasteiger partial charge in [-0.2, -0.15) is 0 Å². The van der Waals surface area contributed by atoms with Crippen LogP contribution in [0.15, 0.2) is 67.2 Å². The van der Waals surface area contributed by atoms with Crippen molar-refractivity contribution in [3.8, 4) is 0 Å². The zero-order chi connectivity index (χ0) is 15.1. The van der Waals surface area contributed by atoms with Crippen molar-refractivity contribution in [2.24, 2.45) is 0 Å². The predicted molar refractivity (Wildman–Crippen MR) is 92.3 cm³/mol. The first-order valence-corrected chi connectivity index (χ1v) is 7.59. The van der Waals surface area contributed by atoms with Crippen LogP contribution in [0.4, 0.5) is 0 Å². The van der Waals surface area contributed by atoms with E-state index in [-0.39, 0.29) is 5.54 Å². The Kier molecular flexibility index (Phi) is 5.35. The van der Waals surface area contributed by atoms with Crippen LogP contribution in [-0.2, 0) is 6.42 Å². The van der Waals surface area contributed by atoms with Gasteiger partial charge in [-0.05, 0) is 43.4 Å². The van der Waals surface area contributed by atoms with Crippen LogP contribution in [0.5, 0.6) is 0 Å². The third-order valence-electron chi connectivity index (χ3n) is 3.84. The Hall–Kier alpha value is -1.86. The fourth-order valence-corrected chi connectivity index (χ4v) is 2.31. The van der Waals surface area contributed by atoms with Gasteiger partial charge < -0.3 is 5.32 Å². The molecule has 1 N–H and O–H groups in total. The van der Waals surface area contributed by atoms with E-state index in [4.69, 9.17) is 0 Å². The standard InChI is InChI=1S/C20H25N/c1-17(19-12-8-5-9-13-19)16-21-20(2,3)15-14-18-10-6-4-7-11-18/h4-13,21H,1,14-16H2,2-3H3. The second-order valence-corrected chi connectivity index (χ2v) is 6.19. The smallest absolute Gasteiger partial charge is 0.0210 e. The highest BCUT2D eigenvalue weighted by atomic mass is 14.9. The molecule has 1 nitrogen and oxygen atoms in total. The fraction of sp³-hybridized carbons (Fsp3) is 0.300. The number of benzene rings is 2. The van der Waals surface area contributed by atoms with Crippen molar-refractivity contribution in [2.75, 3.05) is 6.54 Å². The van der Waals surface area contributed by atoms with Gasteiger partial charge in [0.25, 0.3) is 0 Å². The second-order valence-electron chi connectivity index (χ2n) is 6.19. The average Bonchev–Trinajstić information content (AvgIpc) is 2.53. The minimum Gasteiger partial charge on any atom is -0.308 e. The summed E-state index contributed by atoms with van der Waals surface area (Å²) in [7, 11) is 0. The third-order valence-corrected chi connectivity index (χ3v) is 3.84. The van der Waals surface area contributed by atoms with Crippen molar-refractivity contribution in [2.45, 2.75) is 32.2 Å². The van der Waals surface area contributed by atoms with Crippen LogP contribution in [0.1, 0.15) is 31.4 Å². The van der Waals surface area contributed by atoms with Gasteiger partial charge in [-0.3, -0.25) is 0 Å². The lowest BCUT2D eigenvalue weighted by Crippen LogP contribution is -2.40. The maximum atomic E-state index is 4.18. The minimum absolute atomic E-state index is 0.105. The lowest BCUT2D eigenvalue weighted by molar-refractivity contribution is 0.381. The maximum absolute atomic E-state index is 4.18. The average molecular weight is 279 g/mol. The molecule has 0 aliphatic heterocycles. The maximum Gasteiger partial charge on any atom is 0.0210 e. The Balaban J connectivity index is 1.82. The summed E-state index contributed by atoms with van der Waals surface area (Å²) in [5.41, 5.74) is 3.86. The summed E-state index contributed by atoms with van der Waals surface area (Å²) in [6, 6.07) is 21.0. The molecule has 2 rings (SSSR count). The van der Waals surface area contributed by atoms with Gasteiger partial charge in [0.15, 0.2) is 0 Å². The Bertz CT molecular complexity index is 555. The highest BCUT2D eigenvalue weighted by Crippen LogP contribution is 2.16. The topological polar surface area (TPSA) is 12.0 Å². The van der Waals surface area contributed by atoms with E-state index in [1.165, 1.54) is 11.1 Å². The molecule has 2 aromatic carbocycles. The molecular formula is C20H25N. The van der Waals surface area contributed by atoms with Gasteiger partial charge in [0.1, 0.15) is 0 Å². The molecule has 0 atom stereocenters. The van der Waals surface area contributed by atoms with Crippen LogP contribution in [0, 0.1) is 0 Å². The summed E-state index contributed by atoms with van der Waals surface area (Å²) in [6.07, 6.45) is 2.21. The van der Waals surface area contributed by atoms with E-state index in [2.05, 4.69) is 80.3 Å². The summed E-state index contributed by atoms with van der Waals surface area (Å²) in [5.74, 6) is 0. The molecule has 0 aromatic heterocycles. The third kappa shape index (κ3) is 5.20. The highest BCUT2D eigenvalue weighted by molar-refractivity contribution is 5.64. The predicted octanol–water partition coefficient (Wildman–Crippen LogP) is 4.70. The first-order chi connectivity index (χ1) is 10.1. The molecular weight excluding hydrogens is 254 g/mol. The van der Waals surface area contributed by atoms with Crippen molar-refractivity contribution in [3.05, 3.63) is 78.4 Å². The van der Waals surface area contributed by atoms with Gasteiger partial charge in [-0.15, -0.1) is 0 Å². The van der Waals surface area contributed by atoms with E-state index in [0.717, 1.165) is 25.0 Å². The van der Waals surface area contributed by atoms with Gasteiger partial charge in [0.05, 0.1) is 0 Å². The molecule has 0 spiro atoms. The molecule has 0 saturated carbocycles. The number of nitrogens with one attached hydrogen (secondary N) is 1. The molecule has 0 radical (unpaired) electrons. The van der Waals surface area contributed by atoms with Crippen LogP contribution in [0.2, 0.25) is 0 Å². The second kappa shape index (κ2) is 7.24. The minimum atomic E-state index is 0.105. The van der Waals surface area contributed by atoms with Crippen LogP contribution < -0.4 is 5.32 Å². The van der Waals surface area contributed by atoms with E-state index in [0.29, 0.717) is 0 Å². The zero-order valence-electron chi connectivity index (χ0n) is 13.1. The summed E-state index contributed by atoms with van der Waals surface area (Å²) < 4.78 is 0. The van der Waals surface area contributed by atoms with Crippen molar-refractivity contribution in [1.29, 1.82) is 0 Å². The van der Waals surface area contributed by atoms with Crippen molar-refractivity contribution in [1.82, 2.24) is 5.32 Å². The fourth-order valence-electron chi connectivity index (χ4n) is 2.31. The molecule has 0 saturated heterocycles. The molecule has 1 heteroatoms. The summed E-state index contributed by atoms with van der Waals surface area (Å²) in [6.45, 7) is 9.53. The molecule has 110 valence electrons.